The first-order valence-corrected chi connectivity index (χ1v) is 6.72. The molecule has 0 spiro atoms. The van der Waals surface area contributed by atoms with Crippen LogP contribution < -0.4 is 15.7 Å². The van der Waals surface area contributed by atoms with Crippen molar-refractivity contribution >= 4 is 45.4 Å². The Kier molecular flexibility index (Phi) is 6.85. The maximum Gasteiger partial charge on any atom is 0.225 e. The van der Waals surface area contributed by atoms with Crippen molar-refractivity contribution in [1.82, 2.24) is 0 Å². The van der Waals surface area contributed by atoms with E-state index in [2.05, 4.69) is 0 Å². The van der Waals surface area contributed by atoms with Crippen molar-refractivity contribution < 1.29 is 36.0 Å². The molecular formula is C9H13N3O7S2. The van der Waals surface area contributed by atoms with E-state index in [4.69, 9.17) is 32.6 Å². The van der Waals surface area contributed by atoms with E-state index < -0.39 is 32.7 Å². The number of rotatable bonds is 5. The van der Waals surface area contributed by atoms with E-state index in [-0.39, 0.29) is 15.9 Å². The molecule has 1 aromatic carbocycles. The zero-order valence-electron chi connectivity index (χ0n) is 10.7. The van der Waals surface area contributed by atoms with E-state index in [9.17, 15) is 15.6 Å². The number of thiocarbonyl (C=S) groups is 1. The van der Waals surface area contributed by atoms with Crippen LogP contribution in [0.1, 0.15) is 6.92 Å². The predicted molar refractivity (Wildman–Crippen MR) is 73.9 cm³/mol. The van der Waals surface area contributed by atoms with Gasteiger partial charge in [0.25, 0.3) is 0 Å². The lowest BCUT2D eigenvalue weighted by atomic mass is 10.2. The average Bonchev–Trinajstić information content (AvgIpc) is 2.37. The van der Waals surface area contributed by atoms with Crippen molar-refractivity contribution in [2.24, 2.45) is 0 Å². The van der Waals surface area contributed by atoms with Crippen molar-refractivity contribution in [2.45, 2.75) is 11.8 Å². The lowest BCUT2D eigenvalue weighted by Gasteiger charge is -2.22. The fraction of sp³-hybridized carbons (Fsp3) is 0.222. The minimum absolute atomic E-state index is 0.0504. The molecule has 6 N–H and O–H groups in total. The smallest absolute Gasteiger partial charge is 0.225 e. The lowest BCUT2D eigenvalue weighted by Crippen LogP contribution is -3.02. The van der Waals surface area contributed by atoms with Gasteiger partial charge in [0.2, 0.25) is 4.38 Å². The molecular weight excluding hydrogens is 326 g/mol. The average molecular weight is 339 g/mol. The van der Waals surface area contributed by atoms with Crippen LogP contribution in [0.15, 0.2) is 17.0 Å². The second-order valence-electron chi connectivity index (χ2n) is 3.60. The zero-order chi connectivity index (χ0) is 16.2. The molecule has 3 unspecified atom stereocenters. The van der Waals surface area contributed by atoms with Gasteiger partial charge in [-0.15, -0.1) is 0 Å². The summed E-state index contributed by atoms with van der Waals surface area (Å²) in [6, 6.07) is 1.77. The van der Waals surface area contributed by atoms with Gasteiger partial charge in [-0.25, -0.2) is 15.6 Å². The second-order valence-corrected chi connectivity index (χ2v) is 5.21. The lowest BCUT2D eigenvalue weighted by molar-refractivity contribution is -1.00. The Bertz CT molecular complexity index is 483. The van der Waals surface area contributed by atoms with Crippen molar-refractivity contribution in [2.75, 3.05) is 6.61 Å². The summed E-state index contributed by atoms with van der Waals surface area (Å²) in [6.07, 6.45) is 0. The first-order valence-electron chi connectivity index (χ1n) is 5.50. The monoisotopic (exact) mass is 339 g/mol. The highest BCUT2D eigenvalue weighted by atomic mass is 32.2. The van der Waals surface area contributed by atoms with Crippen LogP contribution in [-0.4, -0.2) is 26.6 Å². The van der Waals surface area contributed by atoms with E-state index in [1.54, 1.807) is 6.92 Å². The van der Waals surface area contributed by atoms with Crippen molar-refractivity contribution in [3.8, 4) is 0 Å². The predicted octanol–water partition coefficient (Wildman–Crippen LogP) is -1.69. The molecule has 0 aliphatic rings. The van der Waals surface area contributed by atoms with Crippen molar-refractivity contribution in [3.63, 3.8) is 0 Å². The minimum Gasteiger partial charge on any atom is -0.595 e. The van der Waals surface area contributed by atoms with Gasteiger partial charge in [-0.1, -0.05) is 0 Å². The van der Waals surface area contributed by atoms with Crippen LogP contribution in [0.4, 0.5) is 17.1 Å². The number of nitrogens with one attached hydrogen (secondary N) is 3. The van der Waals surface area contributed by atoms with Gasteiger partial charge in [-0.2, -0.15) is 15.7 Å². The van der Waals surface area contributed by atoms with Crippen molar-refractivity contribution in [1.29, 1.82) is 0 Å². The summed E-state index contributed by atoms with van der Waals surface area (Å²) in [5, 5.41) is 56.2. The van der Waals surface area contributed by atoms with E-state index >= 15 is 0 Å². The number of quaternary nitrogens is 3. The number of thioether (sulfide) groups is 1. The highest BCUT2D eigenvalue weighted by Crippen LogP contribution is 2.34. The highest BCUT2D eigenvalue weighted by molar-refractivity contribution is 8.22. The third kappa shape index (κ3) is 4.80. The van der Waals surface area contributed by atoms with Crippen LogP contribution in [0.25, 0.3) is 0 Å². The molecule has 0 saturated heterocycles. The van der Waals surface area contributed by atoms with Gasteiger partial charge in [-0.3, -0.25) is 0 Å². The molecule has 0 bridgehead atoms. The first-order chi connectivity index (χ1) is 9.77. The summed E-state index contributed by atoms with van der Waals surface area (Å²) in [6.45, 7) is 1.90. The molecule has 1 aromatic rings. The molecule has 12 heteroatoms. The number of hydrogen-bond donors (Lipinski definition) is 6. The van der Waals surface area contributed by atoms with Crippen molar-refractivity contribution in [3.05, 3.63) is 27.8 Å². The van der Waals surface area contributed by atoms with E-state index in [1.165, 1.54) is 0 Å². The molecule has 0 aliphatic heterocycles. The first kappa shape index (κ1) is 18.1. The number of ether oxygens (including phenoxy) is 1. The Morgan fingerprint density at radius 2 is 1.62 bits per heavy atom. The Morgan fingerprint density at radius 1 is 1.14 bits per heavy atom. The van der Waals surface area contributed by atoms with Gasteiger partial charge in [0.05, 0.1) is 18.7 Å². The van der Waals surface area contributed by atoms with E-state index in [1.807, 2.05) is 0 Å². The SMILES string of the molecule is CCOC(=S)Sc1c([NH+]([O-])O)cc([NH+]([O-])O)cc1[NH+]([O-])O. The molecule has 118 valence electrons. The van der Waals surface area contributed by atoms with Gasteiger partial charge in [0.1, 0.15) is 4.90 Å². The summed E-state index contributed by atoms with van der Waals surface area (Å²) < 4.78 is 4.93. The van der Waals surface area contributed by atoms with E-state index in [0.717, 1.165) is 12.1 Å². The molecule has 0 amide bonds. The Morgan fingerprint density at radius 3 is 1.95 bits per heavy atom. The standard InChI is InChI=1S/C9H13N3O7S2/c1-2-19-9(20)21-8-6(11(15)16)3-5(10(13)14)4-7(8)12(17)18/h3-4,10-13,15,17H,2H2,1H3. The minimum atomic E-state index is -1.46. The molecule has 0 aromatic heterocycles. The summed E-state index contributed by atoms with van der Waals surface area (Å²) in [5.74, 6) is 0. The zero-order valence-corrected chi connectivity index (χ0v) is 12.3. The molecule has 10 nitrogen and oxygen atoms in total. The topological polar surface area (TPSA) is 152 Å². The molecule has 0 saturated carbocycles. The van der Waals surface area contributed by atoms with Crippen LogP contribution in [-0.2, 0) is 4.74 Å². The summed E-state index contributed by atoms with van der Waals surface area (Å²) in [5.41, 5.74) is -1.35. The molecule has 0 aliphatic carbocycles. The van der Waals surface area contributed by atoms with Crippen LogP contribution in [0.2, 0.25) is 0 Å². The third-order valence-corrected chi connectivity index (χ3v) is 3.54. The summed E-state index contributed by atoms with van der Waals surface area (Å²) >= 11 is 5.50. The molecule has 3 atom stereocenters. The molecule has 21 heavy (non-hydrogen) atoms. The molecule has 0 radical (unpaired) electrons. The van der Waals surface area contributed by atoms with Gasteiger partial charge in [0.15, 0.2) is 17.1 Å². The summed E-state index contributed by atoms with van der Waals surface area (Å²) in [7, 11) is 0. The number of hydrogen-bond acceptors (Lipinski definition) is 9. The maximum atomic E-state index is 11.2. The van der Waals surface area contributed by atoms with Gasteiger partial charge in [-0.05, 0) is 30.9 Å². The Balaban J connectivity index is 3.39. The second kappa shape index (κ2) is 7.92. The molecule has 0 heterocycles. The number of benzene rings is 1. The van der Waals surface area contributed by atoms with Gasteiger partial charge in [0, 0.05) is 0 Å². The van der Waals surface area contributed by atoms with Gasteiger partial charge >= 0.3 is 0 Å². The fourth-order valence-corrected chi connectivity index (χ4v) is 2.63. The van der Waals surface area contributed by atoms with Crippen LogP contribution in [0.5, 0.6) is 0 Å². The maximum absolute atomic E-state index is 11.2. The quantitative estimate of drug-likeness (QED) is 0.210. The van der Waals surface area contributed by atoms with Crippen LogP contribution in [0, 0.1) is 15.6 Å². The van der Waals surface area contributed by atoms with Gasteiger partial charge < -0.3 is 20.4 Å². The normalized spacial score (nSPS) is 15.4. The molecule has 0 fully saturated rings. The van der Waals surface area contributed by atoms with Crippen LogP contribution >= 0.6 is 24.0 Å². The third-order valence-electron chi connectivity index (χ3n) is 2.24. The van der Waals surface area contributed by atoms with E-state index in [0.29, 0.717) is 11.8 Å². The Labute approximate surface area is 128 Å². The largest absolute Gasteiger partial charge is 0.595 e. The molecule has 1 rings (SSSR count). The summed E-state index contributed by atoms with van der Waals surface area (Å²) in [4.78, 5) is -0.168. The van der Waals surface area contributed by atoms with Crippen LogP contribution in [0.3, 0.4) is 0 Å². The highest BCUT2D eigenvalue weighted by Gasteiger charge is 2.25. The Hall–Kier alpha value is -0.900. The fourth-order valence-electron chi connectivity index (χ4n) is 1.41.